The molecule has 2 fully saturated rings. The van der Waals surface area contributed by atoms with Crippen molar-refractivity contribution in [2.75, 3.05) is 26.2 Å². The number of H-pyrrole nitrogens is 1. The Kier molecular flexibility index (Phi) is 35.4. The van der Waals surface area contributed by atoms with Crippen molar-refractivity contribution in [3.05, 3.63) is 65.9 Å². The van der Waals surface area contributed by atoms with Crippen molar-refractivity contribution in [1.29, 1.82) is 0 Å². The molecule has 1 aromatic heterocycles. The van der Waals surface area contributed by atoms with Gasteiger partial charge in [-0.1, -0.05) is 70.9 Å². The number of likely N-dealkylation sites (tertiary alicyclic amines) is 2. The Morgan fingerprint density at radius 3 is 1.59 bits per heavy atom. The maximum Gasteiger partial charge on any atom is 0.326 e. The molecule has 0 bridgehead atoms. The monoisotopic (exact) mass is 1540 g/mol. The van der Waals surface area contributed by atoms with E-state index >= 15 is 0 Å². The molecule has 38 nitrogen and oxygen atoms in total. The van der Waals surface area contributed by atoms with E-state index in [0.29, 0.717) is 18.4 Å². The number of nitrogens with two attached hydrogens (primary N) is 5. The third kappa shape index (κ3) is 27.4. The molecule has 2 aliphatic heterocycles. The average molecular weight is 1540 g/mol. The van der Waals surface area contributed by atoms with E-state index in [0.717, 1.165) is 26.3 Å². The maximum atomic E-state index is 15.0. The first-order chi connectivity index (χ1) is 52.1. The van der Waals surface area contributed by atoms with Crippen LogP contribution in [-0.2, 0) is 94.3 Å². The predicted octanol–water partition coefficient (Wildman–Crippen LogP) is -3.96. The fraction of sp³-hybridized carbons (Fsp3) is 0.569. The molecule has 2 aliphatic rings. The number of aromatic hydroxyl groups is 1. The summed E-state index contributed by atoms with van der Waals surface area (Å²) < 4.78 is 0. The third-order valence-corrected chi connectivity index (χ3v) is 19.4. The Morgan fingerprint density at radius 1 is 0.527 bits per heavy atom. The van der Waals surface area contributed by atoms with Crippen LogP contribution in [0.5, 0.6) is 5.75 Å². The van der Waals surface area contributed by atoms with Crippen molar-refractivity contribution < 1.29 is 96.8 Å². The largest absolute Gasteiger partial charge is 0.508 e. The average Bonchev–Trinajstić information content (AvgIpc) is 1.56. The number of benzene rings is 2. The maximum absolute atomic E-state index is 15.0. The molecule has 2 saturated heterocycles. The van der Waals surface area contributed by atoms with Gasteiger partial charge in [-0.05, 0) is 125 Å². The van der Waals surface area contributed by atoms with Crippen molar-refractivity contribution in [3.8, 4) is 5.75 Å². The summed E-state index contributed by atoms with van der Waals surface area (Å²) in [5.74, 6) is -18.2. The summed E-state index contributed by atoms with van der Waals surface area (Å²) in [6.45, 7) is 7.37. The summed E-state index contributed by atoms with van der Waals surface area (Å²) >= 11 is 0. The molecule has 3 heterocycles. The molecule has 3 aromatic rings. The number of carbonyl (C=O) groups excluding carboxylic acids is 15. The lowest BCUT2D eigenvalue weighted by atomic mass is 9.96. The minimum atomic E-state index is -1.78. The molecule has 5 rings (SSSR count). The first-order valence-electron chi connectivity index (χ1n) is 36.8. The molecule has 0 aliphatic carbocycles. The van der Waals surface area contributed by atoms with E-state index in [-0.39, 0.29) is 89.6 Å². The molecule has 0 spiro atoms. The normalized spacial score (nSPS) is 17.2. The number of hydrogen-bond donors (Lipinski definition) is 19. The van der Waals surface area contributed by atoms with Crippen LogP contribution in [0.4, 0.5) is 0 Å². The molecule has 0 radical (unpaired) electrons. The number of nitrogens with zero attached hydrogens (tertiary/aromatic N) is 2. The van der Waals surface area contributed by atoms with Crippen LogP contribution in [0.2, 0.25) is 0 Å². The highest BCUT2D eigenvalue weighted by Crippen LogP contribution is 2.25. The summed E-state index contributed by atoms with van der Waals surface area (Å²) in [5.41, 5.74) is 30.3. The lowest BCUT2D eigenvalue weighted by Crippen LogP contribution is -2.61. The smallest absolute Gasteiger partial charge is 0.326 e. The number of aliphatic carboxylic acids is 2. The van der Waals surface area contributed by atoms with Gasteiger partial charge < -0.3 is 112 Å². The minimum Gasteiger partial charge on any atom is -0.508 e. The Labute approximate surface area is 634 Å². The van der Waals surface area contributed by atoms with E-state index in [9.17, 15) is 96.8 Å². The van der Waals surface area contributed by atoms with E-state index < -0.39 is 230 Å². The summed E-state index contributed by atoms with van der Waals surface area (Å²) in [6, 6.07) is -4.69. The number of fused-ring (bicyclic) bond motifs is 1. The predicted molar refractivity (Wildman–Crippen MR) is 394 cm³/mol. The van der Waals surface area contributed by atoms with Crippen LogP contribution in [0.3, 0.4) is 0 Å². The number of nitrogens with one attached hydrogen (secondary N) is 11. The number of hydrogen-bond acceptors (Lipinski definition) is 20. The van der Waals surface area contributed by atoms with Gasteiger partial charge in [-0.2, -0.15) is 0 Å². The van der Waals surface area contributed by atoms with Gasteiger partial charge in [-0.3, -0.25) is 76.7 Å². The number of carbonyl (C=O) groups is 17. The Morgan fingerprint density at radius 2 is 1.04 bits per heavy atom. The van der Waals surface area contributed by atoms with Gasteiger partial charge in [0.05, 0.1) is 19.0 Å². The summed E-state index contributed by atoms with van der Waals surface area (Å²) in [6.07, 6.45) is -0.950. The van der Waals surface area contributed by atoms with E-state index in [1.165, 1.54) is 31.2 Å². The number of aromatic nitrogens is 1. The number of phenols is 1. The highest BCUT2D eigenvalue weighted by molar-refractivity contribution is 6.01. The fourth-order valence-electron chi connectivity index (χ4n) is 12.7. The second-order valence-corrected chi connectivity index (χ2v) is 27.8. The number of phenolic OH excluding ortho intramolecular Hbond substituents is 1. The van der Waals surface area contributed by atoms with Crippen LogP contribution in [0.25, 0.3) is 10.9 Å². The highest BCUT2D eigenvalue weighted by atomic mass is 16.4. The second-order valence-electron chi connectivity index (χ2n) is 27.8. The molecule has 14 atom stereocenters. The molecule has 0 saturated carbocycles. The standard InChI is InChI=1S/C72H106N18O20/c1-6-37(3)59(87-57(95)36-79-61(98)39(5)80-62(99)44(74)33-41-35-78-45-15-9-8-14-43(41)45)69(106)83-46(16-10-11-29-73)63(100)81-47(23-26-54(75)92)64(101)82-48(25-28-58(96)97)65(102)88-60(38(4)7-2)71(108)90-31-13-18-53(90)68(105)85-50(32-40-19-21-42(91)22-20-40)66(103)86-51(34-56(77)94)70(107)89-30-12-17-52(89)67(104)84-49(72(109)110)24-27-55(76)93/h8-9,14-15,19-22,35,37-39,44,46-53,59-60,78,91H,6-7,10-13,16-18,23-34,36,73-74H2,1-5H3,(H2,75,92)(H2,76,93)(H2,77,94)(H,79,98)(H,80,99)(H,81,100)(H,82,101)(H,83,106)(H,84,104)(H,85,105)(H,86,103)(H,87,95)(H,88,102)(H,96,97)(H,109,110)/t37-,38-,39-,44-,46-,47-,48-,49-,50-,51-,52-,53-,59-,60-/m0/s1. The molecule has 38 heteroatoms. The number of rotatable bonds is 46. The zero-order valence-corrected chi connectivity index (χ0v) is 62.4. The topological polar surface area (TPSA) is 624 Å². The summed E-state index contributed by atoms with van der Waals surface area (Å²) in [5, 5.41) is 55.7. The summed E-state index contributed by atoms with van der Waals surface area (Å²) in [7, 11) is 0. The SMILES string of the molecule is CC[C@H](C)[C@H](NC(=O)CNC(=O)[C@H](C)NC(=O)[C@@H](N)Cc1c[nH]c2ccccc12)C(=O)N[C@@H](CCCCN)C(=O)N[C@@H](CCC(N)=O)C(=O)N[C@@H](CCC(=O)O)C(=O)N[C@H](C(=O)N1CCC[C@H]1C(=O)N[C@@H](Cc1ccc(O)cc1)C(=O)N[C@@H](CC(N)=O)C(=O)N1CCC[C@H]1C(=O)N[C@@H](CCC(N)=O)C(=O)O)[C@@H](C)CC. The van der Waals surface area contributed by atoms with Crippen LogP contribution in [0.1, 0.15) is 148 Å². The van der Waals surface area contributed by atoms with Crippen molar-refractivity contribution in [2.24, 2.45) is 40.5 Å². The molecule has 2 aromatic carbocycles. The van der Waals surface area contributed by atoms with Crippen LogP contribution in [-0.4, -0.2) is 229 Å². The minimum absolute atomic E-state index is 0.00247. The van der Waals surface area contributed by atoms with Gasteiger partial charge in [-0.25, -0.2) is 4.79 Å². The molecular weight excluding hydrogens is 1440 g/mol. The molecule has 24 N–H and O–H groups in total. The lowest BCUT2D eigenvalue weighted by molar-refractivity contribution is -0.146. The number of unbranched alkanes of at least 4 members (excludes halogenated alkanes) is 1. The quantitative estimate of drug-likeness (QED) is 0.0240. The van der Waals surface area contributed by atoms with E-state index in [4.69, 9.17) is 28.7 Å². The third-order valence-electron chi connectivity index (χ3n) is 19.4. The molecular formula is C72H106N18O20. The van der Waals surface area contributed by atoms with E-state index in [1.807, 2.05) is 24.3 Å². The van der Waals surface area contributed by atoms with Crippen molar-refractivity contribution in [2.45, 2.75) is 223 Å². The van der Waals surface area contributed by atoms with Gasteiger partial charge in [0.25, 0.3) is 0 Å². The van der Waals surface area contributed by atoms with Crippen LogP contribution < -0.4 is 81.8 Å². The lowest BCUT2D eigenvalue weighted by Gasteiger charge is -2.33. The number of primary amides is 3. The Hall–Kier alpha value is -11.3. The number of aromatic amines is 1. The first kappa shape index (κ1) is 89.3. The highest BCUT2D eigenvalue weighted by Gasteiger charge is 2.44. The van der Waals surface area contributed by atoms with Crippen LogP contribution in [0.15, 0.2) is 54.7 Å². The van der Waals surface area contributed by atoms with Gasteiger partial charge >= 0.3 is 11.9 Å². The van der Waals surface area contributed by atoms with Gasteiger partial charge in [0.15, 0.2) is 0 Å². The van der Waals surface area contributed by atoms with Crippen LogP contribution >= 0.6 is 0 Å². The zero-order chi connectivity index (χ0) is 81.6. The van der Waals surface area contributed by atoms with Crippen molar-refractivity contribution in [1.82, 2.24) is 68.0 Å². The number of carboxylic acid groups (broad SMARTS) is 2. The van der Waals surface area contributed by atoms with Gasteiger partial charge in [-0.15, -0.1) is 0 Å². The van der Waals surface area contributed by atoms with Gasteiger partial charge in [0, 0.05) is 55.9 Å². The van der Waals surface area contributed by atoms with Crippen molar-refractivity contribution >= 4 is 111 Å². The van der Waals surface area contributed by atoms with E-state index in [1.54, 1.807) is 33.9 Å². The molecule has 15 amide bonds. The number of amides is 15. The summed E-state index contributed by atoms with van der Waals surface area (Å²) in [4.78, 5) is 235. The Bertz CT molecular complexity index is 3800. The van der Waals surface area contributed by atoms with Crippen LogP contribution in [0, 0.1) is 11.8 Å². The van der Waals surface area contributed by atoms with Gasteiger partial charge in [0.1, 0.15) is 72.2 Å². The first-order valence-corrected chi connectivity index (χ1v) is 36.8. The zero-order valence-electron chi connectivity index (χ0n) is 62.4. The Balaban J connectivity index is 1.31. The second kappa shape index (κ2) is 43.6. The fourth-order valence-corrected chi connectivity index (χ4v) is 12.7. The molecule has 604 valence electrons. The van der Waals surface area contributed by atoms with Crippen molar-refractivity contribution in [3.63, 3.8) is 0 Å². The van der Waals surface area contributed by atoms with E-state index in [2.05, 4.69) is 58.2 Å². The van der Waals surface area contributed by atoms with Gasteiger partial charge in [0.2, 0.25) is 88.6 Å². The molecule has 0 unspecified atom stereocenters. The molecule has 110 heavy (non-hydrogen) atoms. The number of para-hydroxylation sites is 1. The number of carboxylic acids is 2.